The molecule has 1 aliphatic carbocycles. The molecule has 1 fully saturated rings. The fraction of sp³-hybridized carbons (Fsp3) is 0.667. The van der Waals surface area contributed by atoms with Crippen molar-refractivity contribution in [1.29, 1.82) is 0 Å². The van der Waals surface area contributed by atoms with Crippen LogP contribution in [-0.2, 0) is 4.79 Å². The minimum atomic E-state index is 0.270. The Kier molecular flexibility index (Phi) is 4.98. The monoisotopic (exact) mass is 220 g/mol. The van der Waals surface area contributed by atoms with Crippen molar-refractivity contribution in [3.63, 3.8) is 0 Å². The van der Waals surface area contributed by atoms with Gasteiger partial charge in [-0.3, -0.25) is 4.79 Å². The lowest BCUT2D eigenvalue weighted by atomic mass is 9.83. The molecule has 1 unspecified atom stereocenters. The molecule has 0 aromatic rings. The van der Waals surface area contributed by atoms with E-state index in [0.29, 0.717) is 5.78 Å². The number of hydrogen-bond donors (Lipinski definition) is 0. The molecule has 0 spiro atoms. The summed E-state index contributed by atoms with van der Waals surface area (Å²) in [6.07, 6.45) is 6.04. The Bertz CT molecular complexity index is 305. The van der Waals surface area contributed by atoms with E-state index in [2.05, 4.69) is 27.4 Å². The molecule has 0 N–H and O–H groups in total. The zero-order chi connectivity index (χ0) is 12.1. The van der Waals surface area contributed by atoms with Crippen molar-refractivity contribution < 1.29 is 4.79 Å². The summed E-state index contributed by atoms with van der Waals surface area (Å²) in [7, 11) is 0. The van der Waals surface area contributed by atoms with Gasteiger partial charge in [-0.15, -0.1) is 0 Å². The predicted molar refractivity (Wildman–Crippen MR) is 69.4 cm³/mol. The van der Waals surface area contributed by atoms with Crippen LogP contribution in [0.5, 0.6) is 0 Å². The standard InChI is InChI=1S/C15H24O/c1-11(2)13(4)9-12(3)10-14-7-5-6-8-15(14)16/h14H,3,5-10H2,1-2,4H3. The molecule has 1 atom stereocenters. The zero-order valence-electron chi connectivity index (χ0n) is 10.9. The molecule has 1 saturated carbocycles. The zero-order valence-corrected chi connectivity index (χ0v) is 10.9. The van der Waals surface area contributed by atoms with Gasteiger partial charge in [0.15, 0.2) is 0 Å². The molecule has 1 aliphatic rings. The van der Waals surface area contributed by atoms with Gasteiger partial charge in [0.05, 0.1) is 0 Å². The molecule has 1 heteroatoms. The first-order valence-electron chi connectivity index (χ1n) is 6.33. The van der Waals surface area contributed by atoms with E-state index in [9.17, 15) is 4.79 Å². The average Bonchev–Trinajstić information content (AvgIpc) is 2.21. The fourth-order valence-electron chi connectivity index (χ4n) is 2.24. The van der Waals surface area contributed by atoms with Crippen LogP contribution in [0.2, 0.25) is 0 Å². The Morgan fingerprint density at radius 1 is 1.31 bits per heavy atom. The molecule has 1 rings (SSSR count). The van der Waals surface area contributed by atoms with Gasteiger partial charge < -0.3 is 0 Å². The van der Waals surface area contributed by atoms with Crippen LogP contribution in [0, 0.1) is 5.92 Å². The van der Waals surface area contributed by atoms with Crippen LogP contribution < -0.4 is 0 Å². The maximum atomic E-state index is 11.7. The van der Waals surface area contributed by atoms with E-state index in [1.807, 2.05) is 0 Å². The van der Waals surface area contributed by atoms with Crippen LogP contribution >= 0.6 is 0 Å². The molecule has 16 heavy (non-hydrogen) atoms. The third kappa shape index (κ3) is 3.96. The van der Waals surface area contributed by atoms with E-state index in [1.165, 1.54) is 23.1 Å². The minimum Gasteiger partial charge on any atom is -0.299 e. The van der Waals surface area contributed by atoms with Gasteiger partial charge in [-0.05, 0) is 46.5 Å². The van der Waals surface area contributed by atoms with E-state index in [4.69, 9.17) is 0 Å². The van der Waals surface area contributed by atoms with Crippen molar-refractivity contribution in [1.82, 2.24) is 0 Å². The maximum absolute atomic E-state index is 11.7. The Labute approximate surface area is 99.6 Å². The van der Waals surface area contributed by atoms with Crippen molar-refractivity contribution in [3.8, 4) is 0 Å². The van der Waals surface area contributed by atoms with Gasteiger partial charge in [0, 0.05) is 12.3 Å². The first-order valence-corrected chi connectivity index (χ1v) is 6.33. The Morgan fingerprint density at radius 3 is 2.56 bits per heavy atom. The number of carbonyl (C=O) groups is 1. The third-order valence-electron chi connectivity index (χ3n) is 3.58. The minimum absolute atomic E-state index is 0.270. The molecule has 0 radical (unpaired) electrons. The highest BCUT2D eigenvalue weighted by Gasteiger charge is 2.22. The number of carbonyl (C=O) groups excluding carboxylic acids is 1. The average molecular weight is 220 g/mol. The van der Waals surface area contributed by atoms with Gasteiger partial charge >= 0.3 is 0 Å². The van der Waals surface area contributed by atoms with Crippen LogP contribution in [0.4, 0.5) is 0 Å². The second-order valence-corrected chi connectivity index (χ2v) is 5.32. The summed E-state index contributed by atoms with van der Waals surface area (Å²) in [6.45, 7) is 10.5. The van der Waals surface area contributed by atoms with Crippen LogP contribution in [0.3, 0.4) is 0 Å². The van der Waals surface area contributed by atoms with Crippen LogP contribution in [-0.4, -0.2) is 5.78 Å². The summed E-state index contributed by atoms with van der Waals surface area (Å²) in [4.78, 5) is 11.7. The largest absolute Gasteiger partial charge is 0.299 e. The third-order valence-corrected chi connectivity index (χ3v) is 3.58. The van der Waals surface area contributed by atoms with Crippen LogP contribution in [0.25, 0.3) is 0 Å². The predicted octanol–water partition coefficient (Wildman–Crippen LogP) is 4.44. The summed E-state index contributed by atoms with van der Waals surface area (Å²) >= 11 is 0. The molecule has 0 aliphatic heterocycles. The second-order valence-electron chi connectivity index (χ2n) is 5.32. The topological polar surface area (TPSA) is 17.1 Å². The maximum Gasteiger partial charge on any atom is 0.136 e. The number of allylic oxidation sites excluding steroid dienone is 3. The van der Waals surface area contributed by atoms with Gasteiger partial charge in [-0.1, -0.05) is 29.7 Å². The summed E-state index contributed by atoms with van der Waals surface area (Å²) in [6, 6.07) is 0. The first-order chi connectivity index (χ1) is 7.50. The SMILES string of the molecule is C=C(CC(C)=C(C)C)CC1CCCCC1=O. The van der Waals surface area contributed by atoms with Gasteiger partial charge in [0.2, 0.25) is 0 Å². The summed E-state index contributed by atoms with van der Waals surface area (Å²) in [5.74, 6) is 0.730. The molecule has 1 nitrogen and oxygen atoms in total. The Morgan fingerprint density at radius 2 is 2.00 bits per heavy atom. The van der Waals surface area contributed by atoms with E-state index in [-0.39, 0.29) is 5.92 Å². The Hall–Kier alpha value is -0.850. The molecule has 0 amide bonds. The fourth-order valence-corrected chi connectivity index (χ4v) is 2.24. The Balaban J connectivity index is 2.45. The number of rotatable bonds is 4. The molecular formula is C15H24O. The highest BCUT2D eigenvalue weighted by Crippen LogP contribution is 2.28. The number of ketones is 1. The highest BCUT2D eigenvalue weighted by molar-refractivity contribution is 5.81. The van der Waals surface area contributed by atoms with Crippen molar-refractivity contribution in [2.24, 2.45) is 5.92 Å². The van der Waals surface area contributed by atoms with Gasteiger partial charge in [-0.25, -0.2) is 0 Å². The van der Waals surface area contributed by atoms with Crippen LogP contribution in [0.15, 0.2) is 23.3 Å². The summed E-state index contributed by atoms with van der Waals surface area (Å²) in [5, 5.41) is 0. The quantitative estimate of drug-likeness (QED) is 0.640. The van der Waals surface area contributed by atoms with E-state index in [1.54, 1.807) is 0 Å². The molecule has 0 aromatic heterocycles. The number of hydrogen-bond acceptors (Lipinski definition) is 1. The molecule has 0 bridgehead atoms. The van der Waals surface area contributed by atoms with Crippen molar-refractivity contribution in [2.45, 2.75) is 59.3 Å². The number of Topliss-reactive ketones (excluding diaryl/α,β-unsaturated/α-hetero) is 1. The molecule has 0 heterocycles. The smallest absolute Gasteiger partial charge is 0.136 e. The summed E-state index contributed by atoms with van der Waals surface area (Å²) in [5.41, 5.74) is 3.99. The lowest BCUT2D eigenvalue weighted by Crippen LogP contribution is -2.19. The van der Waals surface area contributed by atoms with Crippen molar-refractivity contribution in [3.05, 3.63) is 23.3 Å². The summed E-state index contributed by atoms with van der Waals surface area (Å²) < 4.78 is 0. The normalized spacial score (nSPS) is 20.7. The van der Waals surface area contributed by atoms with E-state index in [0.717, 1.165) is 32.1 Å². The van der Waals surface area contributed by atoms with Gasteiger partial charge in [0.25, 0.3) is 0 Å². The van der Waals surface area contributed by atoms with Crippen molar-refractivity contribution in [2.75, 3.05) is 0 Å². The second kappa shape index (κ2) is 6.03. The van der Waals surface area contributed by atoms with E-state index < -0.39 is 0 Å². The first kappa shape index (κ1) is 13.2. The van der Waals surface area contributed by atoms with Crippen LogP contribution in [0.1, 0.15) is 59.3 Å². The lowest BCUT2D eigenvalue weighted by Gasteiger charge is -2.21. The highest BCUT2D eigenvalue weighted by atomic mass is 16.1. The molecular weight excluding hydrogens is 196 g/mol. The lowest BCUT2D eigenvalue weighted by molar-refractivity contribution is -0.124. The molecule has 0 aromatic carbocycles. The van der Waals surface area contributed by atoms with Gasteiger partial charge in [-0.2, -0.15) is 0 Å². The van der Waals surface area contributed by atoms with Gasteiger partial charge in [0.1, 0.15) is 5.78 Å². The van der Waals surface area contributed by atoms with Crippen molar-refractivity contribution >= 4 is 5.78 Å². The molecule has 0 saturated heterocycles. The molecule has 90 valence electrons. The van der Waals surface area contributed by atoms with E-state index >= 15 is 0 Å².